The first kappa shape index (κ1) is 16.8. The summed E-state index contributed by atoms with van der Waals surface area (Å²) in [6.45, 7) is 0. The minimum atomic E-state index is -0.224. The van der Waals surface area contributed by atoms with Gasteiger partial charge in [-0.05, 0) is 67.3 Å². The van der Waals surface area contributed by atoms with Crippen LogP contribution >= 0.6 is 0 Å². The second-order valence-electron chi connectivity index (χ2n) is 7.14. The molecule has 2 aromatic heterocycles. The predicted octanol–water partition coefficient (Wildman–Crippen LogP) is 5.31. The maximum Gasteiger partial charge on any atom is 0.274 e. The number of allylic oxidation sites excluding steroid dienone is 1. The molecule has 1 saturated carbocycles. The van der Waals surface area contributed by atoms with Gasteiger partial charge in [0.1, 0.15) is 17.6 Å². The molecule has 28 heavy (non-hydrogen) atoms. The lowest BCUT2D eigenvalue weighted by atomic mass is 9.79. The fraction of sp³-hybridized carbons (Fsp3) is 0.217. The highest BCUT2D eigenvalue weighted by atomic mass is 16.3. The van der Waals surface area contributed by atoms with E-state index >= 15 is 0 Å². The third-order valence-corrected chi connectivity index (χ3v) is 5.42. The Morgan fingerprint density at radius 2 is 1.86 bits per heavy atom. The van der Waals surface area contributed by atoms with Crippen LogP contribution < -0.4 is 0 Å². The van der Waals surface area contributed by atoms with Gasteiger partial charge in [0.05, 0.1) is 18.2 Å². The van der Waals surface area contributed by atoms with E-state index in [1.54, 1.807) is 17.5 Å². The second kappa shape index (κ2) is 7.00. The van der Waals surface area contributed by atoms with Gasteiger partial charge < -0.3 is 8.83 Å². The van der Waals surface area contributed by atoms with Crippen LogP contribution in [0.4, 0.5) is 0 Å². The standard InChI is InChI=1S/C23H20N2O3/c26-23(16-7-2-1-3-8-16)25-22(20-12-6-14-28-20)19-11-4-9-17(21(19)24-25)15-18-10-5-13-27-18/h1-3,5-8,10,12-15,19,22H,4,9,11H2/b17-15+/t19-,22-/m0/s1. The molecule has 0 spiro atoms. The first-order chi connectivity index (χ1) is 13.8. The first-order valence-electron chi connectivity index (χ1n) is 9.56. The number of carbonyl (C=O) groups excluding carboxylic acids is 1. The number of hydrogen-bond acceptors (Lipinski definition) is 4. The Morgan fingerprint density at radius 1 is 1.04 bits per heavy atom. The van der Waals surface area contributed by atoms with Gasteiger partial charge in [-0.15, -0.1) is 0 Å². The van der Waals surface area contributed by atoms with Gasteiger partial charge in [0.2, 0.25) is 0 Å². The maximum atomic E-state index is 13.3. The van der Waals surface area contributed by atoms with Crippen molar-refractivity contribution >= 4 is 17.7 Å². The summed E-state index contributed by atoms with van der Waals surface area (Å²) in [5.41, 5.74) is 2.72. The molecule has 3 heterocycles. The molecular formula is C23H20N2O3. The molecule has 5 heteroatoms. The summed E-state index contributed by atoms with van der Waals surface area (Å²) in [5.74, 6) is 1.59. The van der Waals surface area contributed by atoms with Crippen molar-refractivity contribution in [3.05, 3.63) is 89.8 Å². The van der Waals surface area contributed by atoms with E-state index in [0.717, 1.165) is 42.1 Å². The summed E-state index contributed by atoms with van der Waals surface area (Å²) in [6, 6.07) is 16.7. The SMILES string of the molecule is O=C(c1ccccc1)N1N=C2/C(=C/c3ccco3)CCC[C@@H]2[C@H]1c1ccco1. The highest BCUT2D eigenvalue weighted by Gasteiger charge is 2.45. The molecule has 1 aromatic carbocycles. The summed E-state index contributed by atoms with van der Waals surface area (Å²) in [7, 11) is 0. The van der Waals surface area contributed by atoms with Crippen LogP contribution in [0.2, 0.25) is 0 Å². The minimum Gasteiger partial charge on any atom is -0.467 e. The van der Waals surface area contributed by atoms with Crippen molar-refractivity contribution in [3.63, 3.8) is 0 Å². The van der Waals surface area contributed by atoms with Crippen LogP contribution in [-0.2, 0) is 0 Å². The Morgan fingerprint density at radius 3 is 2.61 bits per heavy atom. The van der Waals surface area contributed by atoms with Gasteiger partial charge >= 0.3 is 0 Å². The van der Waals surface area contributed by atoms with Crippen LogP contribution in [0.5, 0.6) is 0 Å². The van der Waals surface area contributed by atoms with Crippen LogP contribution in [0.1, 0.15) is 47.2 Å². The lowest BCUT2D eigenvalue weighted by molar-refractivity contribution is 0.0656. The molecule has 0 bridgehead atoms. The highest BCUT2D eigenvalue weighted by Crippen LogP contribution is 2.45. The van der Waals surface area contributed by atoms with Crippen LogP contribution in [0.25, 0.3) is 6.08 Å². The van der Waals surface area contributed by atoms with Crippen LogP contribution in [0, 0.1) is 5.92 Å². The summed E-state index contributed by atoms with van der Waals surface area (Å²) in [6.07, 6.45) is 8.30. The molecule has 5 rings (SSSR count). The molecule has 5 nitrogen and oxygen atoms in total. The second-order valence-corrected chi connectivity index (χ2v) is 7.14. The van der Waals surface area contributed by atoms with E-state index in [9.17, 15) is 4.79 Å². The van der Waals surface area contributed by atoms with E-state index in [0.29, 0.717) is 5.56 Å². The fourth-order valence-electron chi connectivity index (χ4n) is 4.16. The van der Waals surface area contributed by atoms with Gasteiger partial charge in [-0.25, -0.2) is 5.01 Å². The molecule has 0 saturated heterocycles. The van der Waals surface area contributed by atoms with Crippen molar-refractivity contribution in [1.82, 2.24) is 5.01 Å². The number of hydrazone groups is 1. The number of carbonyl (C=O) groups is 1. The zero-order valence-corrected chi connectivity index (χ0v) is 15.3. The van der Waals surface area contributed by atoms with Crippen molar-refractivity contribution in [3.8, 4) is 0 Å². The third-order valence-electron chi connectivity index (χ3n) is 5.42. The van der Waals surface area contributed by atoms with Gasteiger partial charge in [-0.1, -0.05) is 18.2 Å². The van der Waals surface area contributed by atoms with Gasteiger partial charge in [-0.3, -0.25) is 4.79 Å². The van der Waals surface area contributed by atoms with Crippen LogP contribution in [0.3, 0.4) is 0 Å². The summed E-state index contributed by atoms with van der Waals surface area (Å²) >= 11 is 0. The van der Waals surface area contributed by atoms with E-state index < -0.39 is 0 Å². The molecule has 3 aromatic rings. The van der Waals surface area contributed by atoms with Crippen molar-refractivity contribution in [2.45, 2.75) is 25.3 Å². The van der Waals surface area contributed by atoms with Gasteiger partial charge in [0.15, 0.2) is 0 Å². The summed E-state index contributed by atoms with van der Waals surface area (Å²) < 4.78 is 11.2. The van der Waals surface area contributed by atoms with Gasteiger partial charge in [0, 0.05) is 11.5 Å². The topological polar surface area (TPSA) is 59.0 Å². The number of fused-ring (bicyclic) bond motifs is 1. The number of nitrogens with zero attached hydrogens (tertiary/aromatic N) is 2. The number of rotatable bonds is 3. The number of amides is 1. The highest BCUT2D eigenvalue weighted by molar-refractivity contribution is 6.09. The third kappa shape index (κ3) is 2.89. The van der Waals surface area contributed by atoms with Crippen LogP contribution in [-0.4, -0.2) is 16.6 Å². The minimum absolute atomic E-state index is 0.110. The fourth-order valence-corrected chi connectivity index (χ4v) is 4.16. The molecule has 140 valence electrons. The van der Waals surface area contributed by atoms with Crippen molar-refractivity contribution in [2.75, 3.05) is 0 Å². The molecule has 1 amide bonds. The van der Waals surface area contributed by atoms with E-state index in [2.05, 4.69) is 0 Å². The quantitative estimate of drug-likeness (QED) is 0.626. The van der Waals surface area contributed by atoms with E-state index in [1.807, 2.05) is 60.7 Å². The molecule has 2 aliphatic rings. The van der Waals surface area contributed by atoms with Crippen molar-refractivity contribution in [1.29, 1.82) is 0 Å². The molecular weight excluding hydrogens is 352 g/mol. The van der Waals surface area contributed by atoms with E-state index in [1.165, 1.54) is 0 Å². The number of hydrogen-bond donors (Lipinski definition) is 0. The first-order valence-corrected chi connectivity index (χ1v) is 9.56. The Hall–Kier alpha value is -3.34. The normalized spacial score (nSPS) is 22.9. The molecule has 1 fully saturated rings. The molecule has 0 N–H and O–H groups in total. The van der Waals surface area contributed by atoms with Gasteiger partial charge in [-0.2, -0.15) is 5.10 Å². The smallest absolute Gasteiger partial charge is 0.274 e. The van der Waals surface area contributed by atoms with E-state index in [-0.39, 0.29) is 17.9 Å². The van der Waals surface area contributed by atoms with Crippen molar-refractivity contribution < 1.29 is 13.6 Å². The average molecular weight is 372 g/mol. The Balaban J connectivity index is 1.57. The molecule has 0 unspecified atom stereocenters. The Bertz CT molecular complexity index is 1020. The maximum absolute atomic E-state index is 13.3. The lowest BCUT2D eigenvalue weighted by Crippen LogP contribution is -2.31. The molecule has 1 aliphatic heterocycles. The number of furan rings is 2. The molecule has 0 radical (unpaired) electrons. The average Bonchev–Trinajstić information content (AvgIpc) is 3.48. The zero-order chi connectivity index (χ0) is 18.9. The van der Waals surface area contributed by atoms with Crippen molar-refractivity contribution in [2.24, 2.45) is 11.0 Å². The van der Waals surface area contributed by atoms with E-state index in [4.69, 9.17) is 13.9 Å². The Labute approximate surface area is 163 Å². The molecule has 1 aliphatic carbocycles. The monoisotopic (exact) mass is 372 g/mol. The predicted molar refractivity (Wildman–Crippen MR) is 106 cm³/mol. The zero-order valence-electron chi connectivity index (χ0n) is 15.3. The largest absolute Gasteiger partial charge is 0.467 e. The van der Waals surface area contributed by atoms with Crippen LogP contribution in [0.15, 0.2) is 86.6 Å². The Kier molecular flexibility index (Phi) is 4.20. The molecule has 2 atom stereocenters. The number of benzene rings is 1. The summed E-state index contributed by atoms with van der Waals surface area (Å²) in [5, 5.41) is 6.42. The summed E-state index contributed by atoms with van der Waals surface area (Å²) in [4.78, 5) is 13.3. The lowest BCUT2D eigenvalue weighted by Gasteiger charge is -2.27. The van der Waals surface area contributed by atoms with Gasteiger partial charge in [0.25, 0.3) is 5.91 Å².